The first-order chi connectivity index (χ1) is 11.0. The highest BCUT2D eigenvalue weighted by atomic mass is 16.3. The smallest absolute Gasteiger partial charge is 0.270 e. The Morgan fingerprint density at radius 2 is 2.17 bits per heavy atom. The summed E-state index contributed by atoms with van der Waals surface area (Å²) in [4.78, 5) is 20.5. The van der Waals surface area contributed by atoms with E-state index in [4.69, 9.17) is 10.2 Å². The minimum Gasteiger partial charge on any atom is -0.460 e. The number of aryl methyl sites for hydroxylation is 1. The number of nitrogens with one attached hydrogen (secondary N) is 2. The SMILES string of the molecule is Cc1ccc(-c2cc(C(=O)NC(C)c3cc[nH]n3)nc(N)n2)o1. The predicted molar refractivity (Wildman–Crippen MR) is 83.4 cm³/mol. The van der Waals surface area contributed by atoms with Gasteiger partial charge in [0.15, 0.2) is 5.76 Å². The third-order valence-electron chi connectivity index (χ3n) is 3.28. The molecule has 0 bridgehead atoms. The highest BCUT2D eigenvalue weighted by molar-refractivity contribution is 5.93. The third-order valence-corrected chi connectivity index (χ3v) is 3.28. The first-order valence-electron chi connectivity index (χ1n) is 7.05. The van der Waals surface area contributed by atoms with Gasteiger partial charge in [0.25, 0.3) is 5.91 Å². The van der Waals surface area contributed by atoms with Crippen LogP contribution in [0.1, 0.15) is 34.9 Å². The van der Waals surface area contributed by atoms with Crippen LogP contribution in [0.25, 0.3) is 11.5 Å². The Balaban J connectivity index is 1.84. The van der Waals surface area contributed by atoms with Gasteiger partial charge in [-0.1, -0.05) is 0 Å². The standard InChI is InChI=1S/C15H16N6O2/c1-8-3-4-13(23-8)11-7-12(20-15(16)19-11)14(22)18-9(2)10-5-6-17-21-10/h3-7,9H,1-2H3,(H,17,21)(H,18,22)(H2,16,19,20). The number of aromatic nitrogens is 4. The minimum absolute atomic E-state index is 0.00845. The summed E-state index contributed by atoms with van der Waals surface area (Å²) in [6.45, 7) is 3.66. The number of nitrogens with zero attached hydrogens (tertiary/aromatic N) is 3. The van der Waals surface area contributed by atoms with E-state index in [0.717, 1.165) is 11.5 Å². The lowest BCUT2D eigenvalue weighted by Crippen LogP contribution is -2.28. The Bertz CT molecular complexity index is 824. The van der Waals surface area contributed by atoms with Gasteiger partial charge < -0.3 is 15.5 Å². The van der Waals surface area contributed by atoms with Crippen molar-refractivity contribution in [3.8, 4) is 11.5 Å². The number of nitrogens with two attached hydrogens (primary N) is 1. The molecule has 0 fully saturated rings. The summed E-state index contributed by atoms with van der Waals surface area (Å²) in [5.74, 6) is 0.926. The molecule has 0 radical (unpaired) electrons. The van der Waals surface area contributed by atoms with E-state index in [1.54, 1.807) is 24.4 Å². The van der Waals surface area contributed by atoms with Crippen LogP contribution >= 0.6 is 0 Å². The van der Waals surface area contributed by atoms with Crippen LogP contribution < -0.4 is 11.1 Å². The molecule has 0 aliphatic rings. The van der Waals surface area contributed by atoms with Gasteiger partial charge in [-0.3, -0.25) is 9.89 Å². The molecule has 0 aromatic carbocycles. The zero-order chi connectivity index (χ0) is 16.4. The number of H-pyrrole nitrogens is 1. The molecule has 23 heavy (non-hydrogen) atoms. The lowest BCUT2D eigenvalue weighted by Gasteiger charge is -2.11. The van der Waals surface area contributed by atoms with E-state index in [1.165, 1.54) is 0 Å². The van der Waals surface area contributed by atoms with Crippen LogP contribution in [0.2, 0.25) is 0 Å². The first kappa shape index (κ1) is 14.8. The van der Waals surface area contributed by atoms with E-state index in [0.29, 0.717) is 11.5 Å². The quantitative estimate of drug-likeness (QED) is 0.675. The van der Waals surface area contributed by atoms with Gasteiger partial charge in [-0.05, 0) is 38.1 Å². The molecule has 3 rings (SSSR count). The summed E-state index contributed by atoms with van der Waals surface area (Å²) in [5.41, 5.74) is 7.06. The number of anilines is 1. The number of furan rings is 1. The van der Waals surface area contributed by atoms with Crippen LogP contribution in [-0.2, 0) is 0 Å². The minimum atomic E-state index is -0.362. The number of nitrogen functional groups attached to an aromatic ring is 1. The fraction of sp³-hybridized carbons (Fsp3) is 0.200. The van der Waals surface area contributed by atoms with Gasteiger partial charge in [-0.25, -0.2) is 9.97 Å². The molecule has 8 heteroatoms. The lowest BCUT2D eigenvalue weighted by molar-refractivity contribution is 0.0934. The molecule has 8 nitrogen and oxygen atoms in total. The monoisotopic (exact) mass is 312 g/mol. The number of rotatable bonds is 4. The van der Waals surface area contributed by atoms with Crippen molar-refractivity contribution in [2.24, 2.45) is 0 Å². The molecule has 0 spiro atoms. The Morgan fingerprint density at radius 1 is 1.35 bits per heavy atom. The maximum absolute atomic E-state index is 12.4. The van der Waals surface area contributed by atoms with Crippen molar-refractivity contribution in [3.63, 3.8) is 0 Å². The number of amides is 1. The van der Waals surface area contributed by atoms with Gasteiger partial charge in [-0.15, -0.1) is 0 Å². The molecule has 3 aromatic rings. The number of hydrogen-bond acceptors (Lipinski definition) is 6. The summed E-state index contributed by atoms with van der Waals surface area (Å²) < 4.78 is 5.51. The normalized spacial score (nSPS) is 12.1. The van der Waals surface area contributed by atoms with Crippen molar-refractivity contribution in [2.45, 2.75) is 19.9 Å². The van der Waals surface area contributed by atoms with Crippen molar-refractivity contribution in [1.29, 1.82) is 0 Å². The molecule has 0 aliphatic heterocycles. The summed E-state index contributed by atoms with van der Waals surface area (Å²) in [6, 6.07) is 6.65. The van der Waals surface area contributed by atoms with Gasteiger partial charge in [0.05, 0.1) is 11.7 Å². The summed E-state index contributed by atoms with van der Waals surface area (Å²) in [5, 5.41) is 9.55. The van der Waals surface area contributed by atoms with Gasteiger partial charge in [-0.2, -0.15) is 5.10 Å². The predicted octanol–water partition coefficient (Wildman–Crippen LogP) is 1.84. The van der Waals surface area contributed by atoms with E-state index in [1.807, 2.05) is 19.9 Å². The van der Waals surface area contributed by atoms with E-state index < -0.39 is 0 Å². The van der Waals surface area contributed by atoms with Crippen molar-refractivity contribution in [2.75, 3.05) is 5.73 Å². The van der Waals surface area contributed by atoms with Crippen LogP contribution in [0.4, 0.5) is 5.95 Å². The lowest BCUT2D eigenvalue weighted by atomic mass is 10.2. The molecule has 118 valence electrons. The van der Waals surface area contributed by atoms with Crippen LogP contribution in [0.5, 0.6) is 0 Å². The zero-order valence-corrected chi connectivity index (χ0v) is 12.7. The van der Waals surface area contributed by atoms with Crippen LogP contribution in [-0.4, -0.2) is 26.1 Å². The van der Waals surface area contributed by atoms with Crippen LogP contribution in [0.15, 0.2) is 34.9 Å². The van der Waals surface area contributed by atoms with Gasteiger partial charge in [0, 0.05) is 6.20 Å². The highest BCUT2D eigenvalue weighted by Gasteiger charge is 2.17. The Hall–Kier alpha value is -3.16. The molecular formula is C15H16N6O2. The van der Waals surface area contributed by atoms with E-state index in [9.17, 15) is 4.79 Å². The summed E-state index contributed by atoms with van der Waals surface area (Å²) >= 11 is 0. The number of hydrogen-bond donors (Lipinski definition) is 3. The molecule has 1 unspecified atom stereocenters. The molecule has 0 saturated carbocycles. The number of carbonyl (C=O) groups excluding carboxylic acids is 1. The summed E-state index contributed by atoms with van der Waals surface area (Å²) in [7, 11) is 0. The summed E-state index contributed by atoms with van der Waals surface area (Å²) in [6.07, 6.45) is 1.69. The van der Waals surface area contributed by atoms with Crippen molar-refractivity contribution >= 4 is 11.9 Å². The van der Waals surface area contributed by atoms with Crippen molar-refractivity contribution in [3.05, 3.63) is 47.6 Å². The average molecular weight is 312 g/mol. The van der Waals surface area contributed by atoms with Crippen molar-refractivity contribution < 1.29 is 9.21 Å². The molecule has 1 atom stereocenters. The molecule has 4 N–H and O–H groups in total. The maximum atomic E-state index is 12.4. The molecule has 3 aromatic heterocycles. The fourth-order valence-corrected chi connectivity index (χ4v) is 2.14. The Morgan fingerprint density at radius 3 is 2.83 bits per heavy atom. The second-order valence-electron chi connectivity index (χ2n) is 5.10. The van der Waals surface area contributed by atoms with Gasteiger partial charge in [0.2, 0.25) is 5.95 Å². The topological polar surface area (TPSA) is 123 Å². The first-order valence-corrected chi connectivity index (χ1v) is 7.05. The van der Waals surface area contributed by atoms with Crippen LogP contribution in [0, 0.1) is 6.92 Å². The highest BCUT2D eigenvalue weighted by Crippen LogP contribution is 2.21. The largest absolute Gasteiger partial charge is 0.460 e. The molecule has 0 saturated heterocycles. The fourth-order valence-electron chi connectivity index (χ4n) is 2.14. The average Bonchev–Trinajstić information content (AvgIpc) is 3.17. The second-order valence-corrected chi connectivity index (χ2v) is 5.10. The third kappa shape index (κ3) is 3.20. The molecule has 1 amide bonds. The molecule has 3 heterocycles. The Labute approximate surface area is 132 Å². The zero-order valence-electron chi connectivity index (χ0n) is 12.7. The van der Waals surface area contributed by atoms with E-state index in [-0.39, 0.29) is 23.6 Å². The van der Waals surface area contributed by atoms with Gasteiger partial charge >= 0.3 is 0 Å². The van der Waals surface area contributed by atoms with Crippen LogP contribution in [0.3, 0.4) is 0 Å². The number of aromatic amines is 1. The number of carbonyl (C=O) groups is 1. The maximum Gasteiger partial charge on any atom is 0.270 e. The van der Waals surface area contributed by atoms with Gasteiger partial charge in [0.1, 0.15) is 17.1 Å². The van der Waals surface area contributed by atoms with E-state index >= 15 is 0 Å². The second kappa shape index (κ2) is 5.91. The van der Waals surface area contributed by atoms with E-state index in [2.05, 4.69) is 25.5 Å². The molecular weight excluding hydrogens is 296 g/mol. The molecule has 0 aliphatic carbocycles. The Kier molecular flexibility index (Phi) is 3.80. The van der Waals surface area contributed by atoms with Crippen molar-refractivity contribution in [1.82, 2.24) is 25.5 Å².